The zero-order valence-corrected chi connectivity index (χ0v) is 20.3. The molecule has 1 aliphatic rings. The van der Waals surface area contributed by atoms with E-state index in [2.05, 4.69) is 31.2 Å². The number of sulfonamides is 1. The fourth-order valence-corrected chi connectivity index (χ4v) is 5.86. The van der Waals surface area contributed by atoms with Gasteiger partial charge in [0.05, 0.1) is 10.2 Å². The molecule has 180 valence electrons. The van der Waals surface area contributed by atoms with Crippen LogP contribution in [0, 0.1) is 5.82 Å². The number of aryl methyl sites for hydroxylation is 1. The first-order chi connectivity index (χ1) is 15.7. The largest absolute Gasteiger partial charge is 0.489 e. The van der Waals surface area contributed by atoms with Crippen molar-refractivity contribution in [2.45, 2.75) is 44.2 Å². The van der Waals surface area contributed by atoms with Crippen LogP contribution in [0.2, 0.25) is 0 Å². The number of hydrogen-bond donors (Lipinski definition) is 2. The van der Waals surface area contributed by atoms with Crippen LogP contribution in [0.5, 0.6) is 5.75 Å². The molecule has 0 aliphatic carbocycles. The summed E-state index contributed by atoms with van der Waals surface area (Å²) in [6, 6.07) is 5.12. The lowest BCUT2D eigenvalue weighted by molar-refractivity contribution is 0.134. The van der Waals surface area contributed by atoms with Crippen molar-refractivity contribution >= 4 is 32.0 Å². The second-order valence-corrected chi connectivity index (χ2v) is 10.6. The lowest BCUT2D eigenvalue weighted by Crippen LogP contribution is -2.47. The molecule has 33 heavy (non-hydrogen) atoms. The van der Waals surface area contributed by atoms with Crippen molar-refractivity contribution in [1.29, 1.82) is 0 Å². The van der Waals surface area contributed by atoms with Crippen LogP contribution in [-0.4, -0.2) is 64.9 Å². The standard InChI is InChI=1S/C21H26BrFN4O5S/c22-18-13-15(23)5-6-19(18)32-17-7-11-27(12-8-17)33(30,31)14-16(26-21(28)29)3-1-4-20-24-9-2-10-25-20/h2,5-6,9-10,13,16-17,26H,1,3-4,7-8,11-12,14H2,(H,28,29). The number of carbonyl (C=O) groups is 1. The van der Waals surface area contributed by atoms with Crippen LogP contribution in [-0.2, 0) is 16.4 Å². The van der Waals surface area contributed by atoms with Gasteiger partial charge in [-0.2, -0.15) is 0 Å². The Kier molecular flexibility index (Phi) is 8.98. The summed E-state index contributed by atoms with van der Waals surface area (Å²) in [6.07, 6.45) is 4.18. The van der Waals surface area contributed by atoms with E-state index in [9.17, 15) is 17.6 Å². The number of nitrogens with one attached hydrogen (secondary N) is 1. The third-order valence-corrected chi connectivity index (χ3v) is 7.89. The van der Waals surface area contributed by atoms with Gasteiger partial charge in [-0.3, -0.25) is 0 Å². The summed E-state index contributed by atoms with van der Waals surface area (Å²) in [5.41, 5.74) is 0. The maximum atomic E-state index is 13.2. The zero-order valence-electron chi connectivity index (χ0n) is 17.9. The number of benzene rings is 1. The Morgan fingerprint density at radius 2 is 2.00 bits per heavy atom. The summed E-state index contributed by atoms with van der Waals surface area (Å²) in [6.45, 7) is 0.535. The van der Waals surface area contributed by atoms with Crippen molar-refractivity contribution in [3.63, 3.8) is 0 Å². The molecule has 2 aromatic rings. The van der Waals surface area contributed by atoms with Gasteiger partial charge in [0.1, 0.15) is 23.5 Å². The van der Waals surface area contributed by atoms with Crippen LogP contribution in [0.3, 0.4) is 0 Å². The number of amides is 1. The van der Waals surface area contributed by atoms with Crippen molar-refractivity contribution < 1.29 is 27.4 Å². The van der Waals surface area contributed by atoms with Gasteiger partial charge in [-0.25, -0.2) is 31.9 Å². The quantitative estimate of drug-likeness (QED) is 0.470. The molecule has 0 spiro atoms. The van der Waals surface area contributed by atoms with Crippen LogP contribution in [0.15, 0.2) is 41.1 Å². The van der Waals surface area contributed by atoms with E-state index in [0.717, 1.165) is 0 Å². The molecule has 9 nitrogen and oxygen atoms in total. The van der Waals surface area contributed by atoms with Crippen LogP contribution in [0.25, 0.3) is 0 Å². The molecule has 2 heterocycles. The van der Waals surface area contributed by atoms with Crippen LogP contribution >= 0.6 is 15.9 Å². The summed E-state index contributed by atoms with van der Waals surface area (Å²) in [5, 5.41) is 11.5. The number of nitrogens with zero attached hydrogens (tertiary/aromatic N) is 3. The van der Waals surface area contributed by atoms with Gasteiger partial charge in [0.15, 0.2) is 0 Å². The molecular weight excluding hydrogens is 519 g/mol. The first kappa shape index (κ1) is 25.3. The molecule has 1 fully saturated rings. The molecule has 1 aromatic carbocycles. The average Bonchev–Trinajstić information content (AvgIpc) is 2.76. The van der Waals surface area contributed by atoms with E-state index in [1.54, 1.807) is 18.5 Å². The Morgan fingerprint density at radius 3 is 2.64 bits per heavy atom. The molecule has 1 aromatic heterocycles. The van der Waals surface area contributed by atoms with Crippen molar-refractivity contribution in [3.05, 3.63) is 52.8 Å². The average molecular weight is 545 g/mol. The van der Waals surface area contributed by atoms with Crippen LogP contribution < -0.4 is 10.1 Å². The normalized spacial score (nSPS) is 16.3. The number of piperidine rings is 1. The summed E-state index contributed by atoms with van der Waals surface area (Å²) in [7, 11) is -3.67. The highest BCUT2D eigenvalue weighted by atomic mass is 79.9. The number of halogens is 2. The molecule has 0 radical (unpaired) electrons. The van der Waals surface area contributed by atoms with Gasteiger partial charge in [0, 0.05) is 37.9 Å². The Balaban J connectivity index is 1.52. The summed E-state index contributed by atoms with van der Waals surface area (Å²) in [5.74, 6) is 0.440. The molecule has 1 amide bonds. The van der Waals surface area contributed by atoms with Gasteiger partial charge in [-0.15, -0.1) is 0 Å². The van der Waals surface area contributed by atoms with E-state index in [0.29, 0.717) is 48.2 Å². The van der Waals surface area contributed by atoms with Gasteiger partial charge >= 0.3 is 6.09 Å². The predicted molar refractivity (Wildman–Crippen MR) is 123 cm³/mol. The summed E-state index contributed by atoms with van der Waals surface area (Å²) < 4.78 is 46.9. The highest BCUT2D eigenvalue weighted by Crippen LogP contribution is 2.29. The lowest BCUT2D eigenvalue weighted by Gasteiger charge is -2.32. The van der Waals surface area contributed by atoms with E-state index >= 15 is 0 Å². The molecule has 3 rings (SSSR count). The van der Waals surface area contributed by atoms with Crippen molar-refractivity contribution in [2.24, 2.45) is 0 Å². The summed E-state index contributed by atoms with van der Waals surface area (Å²) in [4.78, 5) is 19.4. The highest BCUT2D eigenvalue weighted by Gasteiger charge is 2.31. The minimum Gasteiger partial charge on any atom is -0.489 e. The lowest BCUT2D eigenvalue weighted by atomic mass is 10.1. The molecule has 1 atom stereocenters. The van der Waals surface area contributed by atoms with Crippen LogP contribution in [0.4, 0.5) is 9.18 Å². The first-order valence-corrected chi connectivity index (χ1v) is 13.0. The molecule has 1 saturated heterocycles. The number of rotatable bonds is 10. The molecular formula is C21H26BrFN4O5S. The van der Waals surface area contributed by atoms with E-state index in [4.69, 9.17) is 9.84 Å². The number of carboxylic acid groups (broad SMARTS) is 1. The Morgan fingerprint density at radius 1 is 1.30 bits per heavy atom. The second-order valence-electron chi connectivity index (χ2n) is 7.77. The van der Waals surface area contributed by atoms with Gasteiger partial charge in [0.2, 0.25) is 10.0 Å². The SMILES string of the molecule is O=C(O)NC(CCCc1ncccn1)CS(=O)(=O)N1CCC(Oc2ccc(F)cc2Br)CC1. The fourth-order valence-electron chi connectivity index (χ4n) is 3.68. The Labute approximate surface area is 200 Å². The Bertz CT molecular complexity index is 1040. The molecule has 0 bridgehead atoms. The predicted octanol–water partition coefficient (Wildman–Crippen LogP) is 3.21. The fraction of sp³-hybridized carbons (Fsp3) is 0.476. The molecule has 12 heteroatoms. The topological polar surface area (TPSA) is 122 Å². The monoisotopic (exact) mass is 544 g/mol. The number of ether oxygens (including phenoxy) is 1. The van der Waals surface area contributed by atoms with E-state index in [1.807, 2.05) is 0 Å². The molecule has 1 unspecified atom stereocenters. The number of hydrogen-bond acceptors (Lipinski definition) is 6. The van der Waals surface area contributed by atoms with Gasteiger partial charge in [-0.05, 0) is 65.9 Å². The molecule has 1 aliphatic heterocycles. The van der Waals surface area contributed by atoms with Crippen molar-refractivity contribution in [1.82, 2.24) is 19.6 Å². The summed E-state index contributed by atoms with van der Waals surface area (Å²) >= 11 is 3.27. The van der Waals surface area contributed by atoms with Crippen molar-refractivity contribution in [3.8, 4) is 5.75 Å². The smallest absolute Gasteiger partial charge is 0.404 e. The van der Waals surface area contributed by atoms with Gasteiger partial charge < -0.3 is 15.2 Å². The maximum absolute atomic E-state index is 13.2. The van der Waals surface area contributed by atoms with Crippen molar-refractivity contribution in [2.75, 3.05) is 18.8 Å². The third kappa shape index (κ3) is 7.90. The van der Waals surface area contributed by atoms with Gasteiger partial charge in [0.25, 0.3) is 0 Å². The van der Waals surface area contributed by atoms with Crippen LogP contribution in [0.1, 0.15) is 31.5 Å². The molecule has 0 saturated carbocycles. The molecule has 2 N–H and O–H groups in total. The first-order valence-electron chi connectivity index (χ1n) is 10.6. The van der Waals surface area contributed by atoms with E-state index in [1.165, 1.54) is 22.5 Å². The van der Waals surface area contributed by atoms with E-state index in [-0.39, 0.29) is 30.8 Å². The zero-order chi connectivity index (χ0) is 23.8. The van der Waals surface area contributed by atoms with Gasteiger partial charge in [-0.1, -0.05) is 0 Å². The second kappa shape index (κ2) is 11.7. The number of aromatic nitrogens is 2. The maximum Gasteiger partial charge on any atom is 0.404 e. The minimum absolute atomic E-state index is 0.197. The minimum atomic E-state index is -3.67. The highest BCUT2D eigenvalue weighted by molar-refractivity contribution is 9.10. The Hall–Kier alpha value is -2.31. The third-order valence-electron chi connectivity index (χ3n) is 5.29. The van der Waals surface area contributed by atoms with E-state index < -0.39 is 22.2 Å².